The van der Waals surface area contributed by atoms with Crippen LogP contribution in [0.4, 0.5) is 5.69 Å². The van der Waals surface area contributed by atoms with Crippen molar-refractivity contribution in [3.05, 3.63) is 23.8 Å². The Labute approximate surface area is 95.8 Å². The number of benzene rings is 1. The van der Waals surface area contributed by atoms with Gasteiger partial charge in [0.1, 0.15) is 5.75 Å². The summed E-state index contributed by atoms with van der Waals surface area (Å²) in [4.78, 5) is 11.9. The number of carbonyl (C=O) groups excluding carboxylic acids is 1. The zero-order valence-corrected chi connectivity index (χ0v) is 9.91. The first-order valence-electron chi connectivity index (χ1n) is 5.66. The number of fused-ring (bicyclic) bond motifs is 1. The van der Waals surface area contributed by atoms with E-state index in [9.17, 15) is 4.79 Å². The topological polar surface area (TPSA) is 38.3 Å². The molecule has 0 aromatic heterocycles. The van der Waals surface area contributed by atoms with Gasteiger partial charge < -0.3 is 10.1 Å². The van der Waals surface area contributed by atoms with E-state index in [1.807, 2.05) is 18.2 Å². The van der Waals surface area contributed by atoms with E-state index in [0.717, 1.165) is 23.4 Å². The number of ether oxygens (including phenoxy) is 1. The number of nitrogens with one attached hydrogen (secondary N) is 1. The van der Waals surface area contributed by atoms with Crippen molar-refractivity contribution in [3.63, 3.8) is 0 Å². The van der Waals surface area contributed by atoms with E-state index in [0.29, 0.717) is 5.92 Å². The van der Waals surface area contributed by atoms with E-state index in [1.54, 1.807) is 7.11 Å². The van der Waals surface area contributed by atoms with Gasteiger partial charge in [0, 0.05) is 5.69 Å². The highest BCUT2D eigenvalue weighted by molar-refractivity contribution is 6.03. The molecule has 1 aromatic carbocycles. The third kappa shape index (κ3) is 1.66. The predicted octanol–water partition coefficient (Wildman–Crippen LogP) is 2.78. The fourth-order valence-corrected chi connectivity index (χ4v) is 2.19. The Morgan fingerprint density at radius 1 is 1.50 bits per heavy atom. The van der Waals surface area contributed by atoms with Crippen molar-refractivity contribution in [2.24, 2.45) is 5.92 Å². The van der Waals surface area contributed by atoms with E-state index < -0.39 is 0 Å². The molecule has 1 aromatic rings. The predicted molar refractivity (Wildman–Crippen MR) is 63.8 cm³/mol. The van der Waals surface area contributed by atoms with Gasteiger partial charge in [-0.15, -0.1) is 0 Å². The molecule has 3 heteroatoms. The maximum Gasteiger partial charge on any atom is 0.232 e. The molecule has 0 aliphatic carbocycles. The Morgan fingerprint density at radius 3 is 2.88 bits per heavy atom. The first-order chi connectivity index (χ1) is 7.67. The van der Waals surface area contributed by atoms with E-state index in [2.05, 4.69) is 19.2 Å². The molecule has 0 fully saturated rings. The molecule has 16 heavy (non-hydrogen) atoms. The summed E-state index contributed by atoms with van der Waals surface area (Å²) in [6.45, 7) is 4.22. The van der Waals surface area contributed by atoms with Crippen LogP contribution < -0.4 is 10.1 Å². The van der Waals surface area contributed by atoms with Crippen LogP contribution in [0.3, 0.4) is 0 Å². The van der Waals surface area contributed by atoms with E-state index in [1.165, 1.54) is 0 Å². The number of rotatable bonds is 3. The average molecular weight is 219 g/mol. The number of anilines is 1. The Kier molecular flexibility index (Phi) is 2.86. The summed E-state index contributed by atoms with van der Waals surface area (Å²) >= 11 is 0. The molecule has 0 saturated heterocycles. The fraction of sp³-hybridized carbons (Fsp3) is 0.462. The quantitative estimate of drug-likeness (QED) is 0.848. The molecular weight excluding hydrogens is 202 g/mol. The number of carbonyl (C=O) groups is 1. The summed E-state index contributed by atoms with van der Waals surface area (Å²) in [7, 11) is 1.64. The molecular formula is C13H17NO2. The molecule has 3 nitrogen and oxygen atoms in total. The summed E-state index contributed by atoms with van der Waals surface area (Å²) in [6, 6.07) is 5.75. The summed E-state index contributed by atoms with van der Waals surface area (Å²) in [5.41, 5.74) is 2.00. The molecule has 2 unspecified atom stereocenters. The third-order valence-corrected chi connectivity index (χ3v) is 3.35. The smallest absolute Gasteiger partial charge is 0.232 e. The SMILES string of the molecule is CCC(C)C1C(=O)Nc2ccc(OC)cc21. The first-order valence-corrected chi connectivity index (χ1v) is 5.66. The molecule has 0 spiro atoms. The van der Waals surface area contributed by atoms with Gasteiger partial charge in [-0.3, -0.25) is 4.79 Å². The van der Waals surface area contributed by atoms with Gasteiger partial charge in [-0.2, -0.15) is 0 Å². The Hall–Kier alpha value is -1.51. The molecule has 1 N–H and O–H groups in total. The molecule has 0 bridgehead atoms. The normalized spacial score (nSPS) is 20.2. The van der Waals surface area contributed by atoms with Crippen molar-refractivity contribution in [3.8, 4) is 5.75 Å². The van der Waals surface area contributed by atoms with Crippen molar-refractivity contribution < 1.29 is 9.53 Å². The molecule has 2 atom stereocenters. The molecule has 0 saturated carbocycles. The van der Waals surface area contributed by atoms with Gasteiger partial charge in [0.25, 0.3) is 0 Å². The van der Waals surface area contributed by atoms with E-state index in [-0.39, 0.29) is 11.8 Å². The van der Waals surface area contributed by atoms with Crippen LogP contribution in [0.25, 0.3) is 0 Å². The first kappa shape index (κ1) is 11.0. The van der Waals surface area contributed by atoms with E-state index in [4.69, 9.17) is 4.74 Å². The van der Waals surface area contributed by atoms with Gasteiger partial charge in [0.2, 0.25) is 5.91 Å². The molecule has 1 heterocycles. The molecule has 86 valence electrons. The highest BCUT2D eigenvalue weighted by atomic mass is 16.5. The molecule has 1 aliphatic heterocycles. The van der Waals surface area contributed by atoms with Crippen LogP contribution >= 0.6 is 0 Å². The van der Waals surface area contributed by atoms with Gasteiger partial charge in [-0.25, -0.2) is 0 Å². The minimum absolute atomic E-state index is 0.0323. The maximum atomic E-state index is 11.9. The van der Waals surface area contributed by atoms with Crippen molar-refractivity contribution in [1.29, 1.82) is 0 Å². The monoisotopic (exact) mass is 219 g/mol. The van der Waals surface area contributed by atoms with Gasteiger partial charge >= 0.3 is 0 Å². The van der Waals surface area contributed by atoms with Crippen LogP contribution in [0, 0.1) is 5.92 Å². The molecule has 1 aliphatic rings. The zero-order valence-electron chi connectivity index (χ0n) is 9.91. The summed E-state index contributed by atoms with van der Waals surface area (Å²) in [6.07, 6.45) is 0.995. The van der Waals surface area contributed by atoms with Crippen LogP contribution in [0.2, 0.25) is 0 Å². The van der Waals surface area contributed by atoms with Gasteiger partial charge in [-0.05, 0) is 29.7 Å². The van der Waals surface area contributed by atoms with Gasteiger partial charge in [-0.1, -0.05) is 20.3 Å². The van der Waals surface area contributed by atoms with Gasteiger partial charge in [0.05, 0.1) is 13.0 Å². The van der Waals surface area contributed by atoms with Crippen molar-refractivity contribution in [2.45, 2.75) is 26.2 Å². The number of hydrogen-bond acceptors (Lipinski definition) is 2. The molecule has 2 rings (SSSR count). The lowest BCUT2D eigenvalue weighted by Gasteiger charge is -2.16. The number of amides is 1. The summed E-state index contributed by atoms with van der Waals surface area (Å²) < 4.78 is 5.20. The second kappa shape index (κ2) is 4.16. The lowest BCUT2D eigenvalue weighted by molar-refractivity contribution is -0.118. The Balaban J connectivity index is 2.41. The number of methoxy groups -OCH3 is 1. The fourth-order valence-electron chi connectivity index (χ4n) is 2.19. The van der Waals surface area contributed by atoms with Gasteiger partial charge in [0.15, 0.2) is 0 Å². The van der Waals surface area contributed by atoms with Crippen LogP contribution in [0.5, 0.6) is 5.75 Å². The minimum atomic E-state index is -0.0323. The average Bonchev–Trinajstić information content (AvgIpc) is 2.63. The Morgan fingerprint density at radius 2 is 2.25 bits per heavy atom. The van der Waals surface area contributed by atoms with Crippen LogP contribution in [-0.2, 0) is 4.79 Å². The van der Waals surface area contributed by atoms with Crippen molar-refractivity contribution in [1.82, 2.24) is 0 Å². The third-order valence-electron chi connectivity index (χ3n) is 3.35. The lowest BCUT2D eigenvalue weighted by Crippen LogP contribution is -2.18. The summed E-state index contributed by atoms with van der Waals surface area (Å²) in [5, 5.41) is 2.92. The molecule has 0 radical (unpaired) electrons. The highest BCUT2D eigenvalue weighted by Crippen LogP contribution is 2.40. The van der Waals surface area contributed by atoms with Crippen LogP contribution in [-0.4, -0.2) is 13.0 Å². The number of hydrogen-bond donors (Lipinski definition) is 1. The minimum Gasteiger partial charge on any atom is -0.497 e. The van der Waals surface area contributed by atoms with Crippen molar-refractivity contribution >= 4 is 11.6 Å². The Bertz CT molecular complexity index is 414. The second-order valence-corrected chi connectivity index (χ2v) is 4.31. The second-order valence-electron chi connectivity index (χ2n) is 4.31. The lowest BCUT2D eigenvalue weighted by atomic mass is 9.86. The standard InChI is InChI=1S/C13H17NO2/c1-4-8(2)12-10-7-9(16-3)5-6-11(10)14-13(12)15/h5-8,12H,4H2,1-3H3,(H,14,15). The maximum absolute atomic E-state index is 11.9. The van der Waals surface area contributed by atoms with Crippen molar-refractivity contribution in [2.75, 3.05) is 12.4 Å². The van der Waals surface area contributed by atoms with Crippen LogP contribution in [0.15, 0.2) is 18.2 Å². The zero-order chi connectivity index (χ0) is 11.7. The summed E-state index contributed by atoms with van der Waals surface area (Å²) in [5.74, 6) is 1.24. The largest absolute Gasteiger partial charge is 0.497 e. The molecule has 1 amide bonds. The van der Waals surface area contributed by atoms with Crippen LogP contribution in [0.1, 0.15) is 31.7 Å². The highest BCUT2D eigenvalue weighted by Gasteiger charge is 2.34. The van der Waals surface area contributed by atoms with E-state index >= 15 is 0 Å².